The van der Waals surface area contributed by atoms with Crippen molar-refractivity contribution >= 4 is 23.7 Å². The molecule has 0 N–H and O–H groups in total. The summed E-state index contributed by atoms with van der Waals surface area (Å²) in [6.07, 6.45) is 0.0473. The minimum absolute atomic E-state index is 0.285. The van der Waals surface area contributed by atoms with Crippen molar-refractivity contribution in [2.75, 3.05) is 26.1 Å². The lowest BCUT2D eigenvalue weighted by Gasteiger charge is -2.25. The molecule has 0 aliphatic heterocycles. The van der Waals surface area contributed by atoms with Crippen LogP contribution in [0.2, 0.25) is 0 Å². The Morgan fingerprint density at radius 3 is 2.50 bits per heavy atom. The minimum atomic E-state index is -0.657. The molecule has 0 radical (unpaired) electrons. The fourth-order valence-electron chi connectivity index (χ4n) is 1.18. The average molecular weight is 252 g/mol. The molecule has 1 amide bonds. The zero-order chi connectivity index (χ0) is 12.6. The van der Waals surface area contributed by atoms with Gasteiger partial charge in [0.2, 0.25) is 0 Å². The number of methoxy groups -OCH3 is 1. The van der Waals surface area contributed by atoms with Crippen LogP contribution in [0, 0.1) is 0 Å². The number of alkyl halides is 1. The van der Waals surface area contributed by atoms with Crippen LogP contribution in [0.1, 0.15) is 20.3 Å². The fourth-order valence-corrected chi connectivity index (χ4v) is 1.30. The molecule has 0 aliphatic carbocycles. The van der Waals surface area contributed by atoms with E-state index in [1.165, 1.54) is 12.0 Å². The summed E-state index contributed by atoms with van der Waals surface area (Å²) in [5.74, 6) is -0.0225. The van der Waals surface area contributed by atoms with Crippen LogP contribution >= 0.6 is 11.6 Å². The fraction of sp³-hybridized carbons (Fsp3) is 0.800. The van der Waals surface area contributed by atoms with E-state index in [9.17, 15) is 9.59 Å². The first-order valence-corrected chi connectivity index (χ1v) is 5.69. The SMILES string of the molecule is CCOC(=O)[C@H](C)N(CCCCl)C(=O)OC. The Bertz CT molecular complexity index is 233. The lowest BCUT2D eigenvalue weighted by Crippen LogP contribution is -2.44. The van der Waals surface area contributed by atoms with Crippen LogP contribution in [0.25, 0.3) is 0 Å². The van der Waals surface area contributed by atoms with Gasteiger partial charge in [-0.15, -0.1) is 11.6 Å². The second-order valence-corrected chi connectivity index (χ2v) is 3.51. The molecular weight excluding hydrogens is 234 g/mol. The molecular formula is C10H18ClNO4. The number of rotatable bonds is 6. The Morgan fingerprint density at radius 1 is 1.44 bits per heavy atom. The maximum absolute atomic E-state index is 11.5. The van der Waals surface area contributed by atoms with E-state index in [4.69, 9.17) is 16.3 Å². The van der Waals surface area contributed by atoms with E-state index in [1.54, 1.807) is 13.8 Å². The number of hydrogen-bond donors (Lipinski definition) is 0. The quantitative estimate of drug-likeness (QED) is 0.532. The third-order valence-electron chi connectivity index (χ3n) is 2.04. The summed E-state index contributed by atoms with van der Waals surface area (Å²) >= 11 is 5.54. The van der Waals surface area contributed by atoms with Gasteiger partial charge in [0.05, 0.1) is 13.7 Å². The predicted octanol–water partition coefficient (Wildman–Crippen LogP) is 1.64. The molecule has 0 saturated heterocycles. The van der Waals surface area contributed by atoms with Crippen LogP contribution in [0.5, 0.6) is 0 Å². The third kappa shape index (κ3) is 4.70. The zero-order valence-electron chi connectivity index (χ0n) is 9.86. The summed E-state index contributed by atoms with van der Waals surface area (Å²) in [5.41, 5.74) is 0. The highest BCUT2D eigenvalue weighted by molar-refractivity contribution is 6.17. The standard InChI is InChI=1S/C10H18ClNO4/c1-4-16-9(13)8(2)12(7-5-6-11)10(14)15-3/h8H,4-7H2,1-3H3/t8-/m0/s1. The summed E-state index contributed by atoms with van der Waals surface area (Å²) in [4.78, 5) is 24.2. The topological polar surface area (TPSA) is 55.8 Å². The molecule has 0 saturated carbocycles. The van der Waals surface area contributed by atoms with Crippen molar-refractivity contribution in [2.45, 2.75) is 26.3 Å². The maximum Gasteiger partial charge on any atom is 0.410 e. The molecule has 0 aromatic rings. The van der Waals surface area contributed by atoms with Crippen molar-refractivity contribution < 1.29 is 19.1 Å². The van der Waals surface area contributed by atoms with Gasteiger partial charge in [0.1, 0.15) is 6.04 Å². The van der Waals surface area contributed by atoms with Gasteiger partial charge in [-0.1, -0.05) is 0 Å². The molecule has 0 aliphatic rings. The number of carbonyl (C=O) groups excluding carboxylic acids is 2. The Morgan fingerprint density at radius 2 is 2.06 bits per heavy atom. The molecule has 0 bridgehead atoms. The van der Waals surface area contributed by atoms with E-state index in [2.05, 4.69) is 4.74 Å². The van der Waals surface area contributed by atoms with E-state index in [0.29, 0.717) is 18.8 Å². The maximum atomic E-state index is 11.5. The van der Waals surface area contributed by atoms with Gasteiger partial charge in [-0.05, 0) is 20.3 Å². The molecule has 0 unspecified atom stereocenters. The van der Waals surface area contributed by atoms with Crippen molar-refractivity contribution in [3.8, 4) is 0 Å². The largest absolute Gasteiger partial charge is 0.464 e. The van der Waals surface area contributed by atoms with Crippen molar-refractivity contribution in [1.29, 1.82) is 0 Å². The summed E-state index contributed by atoms with van der Waals surface area (Å²) in [6, 6.07) is -0.657. The van der Waals surface area contributed by atoms with Gasteiger partial charge in [-0.2, -0.15) is 0 Å². The summed E-state index contributed by atoms with van der Waals surface area (Å²) in [5, 5.41) is 0. The van der Waals surface area contributed by atoms with E-state index in [0.717, 1.165) is 0 Å². The lowest BCUT2D eigenvalue weighted by molar-refractivity contribution is -0.148. The van der Waals surface area contributed by atoms with E-state index in [-0.39, 0.29) is 6.61 Å². The molecule has 1 atom stereocenters. The highest BCUT2D eigenvalue weighted by atomic mass is 35.5. The van der Waals surface area contributed by atoms with Gasteiger partial charge in [-0.25, -0.2) is 9.59 Å². The minimum Gasteiger partial charge on any atom is -0.464 e. The molecule has 5 nitrogen and oxygen atoms in total. The Labute approximate surface area is 101 Å². The van der Waals surface area contributed by atoms with Crippen molar-refractivity contribution in [3.05, 3.63) is 0 Å². The molecule has 0 heterocycles. The second-order valence-electron chi connectivity index (χ2n) is 3.13. The van der Waals surface area contributed by atoms with Crippen LogP contribution in [-0.4, -0.2) is 49.1 Å². The van der Waals surface area contributed by atoms with Crippen molar-refractivity contribution in [3.63, 3.8) is 0 Å². The number of ether oxygens (including phenoxy) is 2. The summed E-state index contributed by atoms with van der Waals surface area (Å²) < 4.78 is 9.43. The molecule has 0 aromatic carbocycles. The highest BCUT2D eigenvalue weighted by Gasteiger charge is 2.26. The number of nitrogens with zero attached hydrogens (tertiary/aromatic N) is 1. The number of carbonyl (C=O) groups is 2. The molecule has 16 heavy (non-hydrogen) atoms. The third-order valence-corrected chi connectivity index (χ3v) is 2.30. The lowest BCUT2D eigenvalue weighted by atomic mass is 10.3. The number of esters is 1. The first kappa shape index (κ1) is 15.0. The Balaban J connectivity index is 4.47. The normalized spacial score (nSPS) is 11.8. The van der Waals surface area contributed by atoms with E-state index >= 15 is 0 Å². The number of amides is 1. The van der Waals surface area contributed by atoms with Crippen molar-refractivity contribution in [2.24, 2.45) is 0 Å². The zero-order valence-corrected chi connectivity index (χ0v) is 10.6. The highest BCUT2D eigenvalue weighted by Crippen LogP contribution is 2.06. The van der Waals surface area contributed by atoms with Gasteiger partial charge in [0.15, 0.2) is 0 Å². The molecule has 0 spiro atoms. The monoisotopic (exact) mass is 251 g/mol. The van der Waals surface area contributed by atoms with Gasteiger partial charge in [0, 0.05) is 12.4 Å². The van der Waals surface area contributed by atoms with Crippen molar-refractivity contribution in [1.82, 2.24) is 4.90 Å². The molecule has 94 valence electrons. The second kappa shape index (κ2) is 8.21. The smallest absolute Gasteiger partial charge is 0.410 e. The van der Waals surface area contributed by atoms with Crippen LogP contribution in [0.15, 0.2) is 0 Å². The van der Waals surface area contributed by atoms with Crippen LogP contribution in [0.4, 0.5) is 4.79 Å². The van der Waals surface area contributed by atoms with E-state index < -0.39 is 18.1 Å². The van der Waals surface area contributed by atoms with Gasteiger partial charge in [-0.3, -0.25) is 4.90 Å². The predicted molar refractivity (Wildman–Crippen MR) is 60.5 cm³/mol. The van der Waals surface area contributed by atoms with Crippen LogP contribution < -0.4 is 0 Å². The first-order chi connectivity index (χ1) is 7.58. The summed E-state index contributed by atoms with van der Waals surface area (Å²) in [7, 11) is 1.27. The van der Waals surface area contributed by atoms with Crippen LogP contribution in [-0.2, 0) is 14.3 Å². The molecule has 0 rings (SSSR count). The van der Waals surface area contributed by atoms with Gasteiger partial charge in [0.25, 0.3) is 0 Å². The first-order valence-electron chi connectivity index (χ1n) is 5.15. The summed E-state index contributed by atoms with van der Waals surface area (Å²) in [6.45, 7) is 3.97. The Hall–Kier alpha value is -0.970. The molecule has 6 heteroatoms. The molecule has 0 fully saturated rings. The number of hydrogen-bond acceptors (Lipinski definition) is 4. The van der Waals surface area contributed by atoms with Gasteiger partial charge < -0.3 is 9.47 Å². The average Bonchev–Trinajstić information content (AvgIpc) is 2.29. The van der Waals surface area contributed by atoms with Gasteiger partial charge >= 0.3 is 12.1 Å². The molecule has 0 aromatic heterocycles. The number of halogens is 1. The van der Waals surface area contributed by atoms with Crippen LogP contribution in [0.3, 0.4) is 0 Å². The Kier molecular flexibility index (Phi) is 7.72. The van der Waals surface area contributed by atoms with E-state index in [1.807, 2.05) is 0 Å².